The number of alkyl halides is 3. The van der Waals surface area contributed by atoms with Crippen molar-refractivity contribution in [1.29, 1.82) is 0 Å². The SMILES string of the molecule is Cc1ccc(C(=O)Nc2nnc(-c3ccc4c(c3)CCCC4)o2)cc1C(F)(F)F. The number of amides is 1. The van der Waals surface area contributed by atoms with Crippen LogP contribution in [0.1, 0.15) is 45.5 Å². The number of hydrogen-bond donors (Lipinski definition) is 1. The summed E-state index contributed by atoms with van der Waals surface area (Å²) < 4.78 is 44.7. The van der Waals surface area contributed by atoms with Crippen LogP contribution in [0.4, 0.5) is 19.2 Å². The summed E-state index contributed by atoms with van der Waals surface area (Å²) in [5.74, 6) is -0.510. The zero-order valence-electron chi connectivity index (χ0n) is 15.6. The van der Waals surface area contributed by atoms with E-state index < -0.39 is 17.6 Å². The lowest BCUT2D eigenvalue weighted by Gasteiger charge is -2.15. The second kappa shape index (κ2) is 7.35. The van der Waals surface area contributed by atoms with Gasteiger partial charge in [-0.2, -0.15) is 13.2 Å². The molecule has 8 heteroatoms. The van der Waals surface area contributed by atoms with Gasteiger partial charge in [0.05, 0.1) is 5.56 Å². The van der Waals surface area contributed by atoms with Crippen LogP contribution in [0.15, 0.2) is 40.8 Å². The van der Waals surface area contributed by atoms with Crippen LogP contribution in [0.2, 0.25) is 0 Å². The van der Waals surface area contributed by atoms with Gasteiger partial charge in [-0.15, -0.1) is 5.10 Å². The highest BCUT2D eigenvalue weighted by Gasteiger charge is 2.33. The Balaban J connectivity index is 1.53. The number of nitrogens with one attached hydrogen (secondary N) is 1. The van der Waals surface area contributed by atoms with Gasteiger partial charge in [-0.05, 0) is 73.6 Å². The molecule has 29 heavy (non-hydrogen) atoms. The van der Waals surface area contributed by atoms with E-state index in [1.54, 1.807) is 0 Å². The smallest absolute Gasteiger partial charge is 0.403 e. The molecule has 0 spiro atoms. The Morgan fingerprint density at radius 2 is 1.79 bits per heavy atom. The number of benzene rings is 2. The Kier molecular flexibility index (Phi) is 4.86. The number of halogens is 3. The van der Waals surface area contributed by atoms with Crippen molar-refractivity contribution in [3.63, 3.8) is 0 Å². The van der Waals surface area contributed by atoms with Crippen molar-refractivity contribution in [3.8, 4) is 11.5 Å². The number of aromatic nitrogens is 2. The van der Waals surface area contributed by atoms with E-state index >= 15 is 0 Å². The fraction of sp³-hybridized carbons (Fsp3) is 0.286. The van der Waals surface area contributed by atoms with E-state index in [4.69, 9.17) is 4.42 Å². The molecule has 0 fully saturated rings. The van der Waals surface area contributed by atoms with Gasteiger partial charge in [-0.3, -0.25) is 10.1 Å². The number of nitrogens with zero attached hydrogens (tertiary/aromatic N) is 2. The number of fused-ring (bicyclic) bond motifs is 1. The average molecular weight is 401 g/mol. The highest BCUT2D eigenvalue weighted by molar-refractivity contribution is 6.03. The van der Waals surface area contributed by atoms with Crippen LogP contribution in [-0.4, -0.2) is 16.1 Å². The Morgan fingerprint density at radius 3 is 2.55 bits per heavy atom. The number of carbonyl (C=O) groups is 1. The molecule has 0 saturated heterocycles. The molecule has 1 aliphatic rings. The van der Waals surface area contributed by atoms with Crippen LogP contribution < -0.4 is 5.32 Å². The first kappa shape index (κ1) is 19.2. The van der Waals surface area contributed by atoms with E-state index in [0.717, 1.165) is 30.9 Å². The Bertz CT molecular complexity index is 1070. The van der Waals surface area contributed by atoms with Crippen molar-refractivity contribution < 1.29 is 22.4 Å². The summed E-state index contributed by atoms with van der Waals surface area (Å²) in [6.45, 7) is 1.34. The van der Waals surface area contributed by atoms with Crippen LogP contribution in [0.5, 0.6) is 0 Å². The lowest BCUT2D eigenvalue weighted by Crippen LogP contribution is -2.15. The second-order valence-electron chi connectivity index (χ2n) is 7.08. The minimum Gasteiger partial charge on any atom is -0.403 e. The third-order valence-electron chi connectivity index (χ3n) is 5.05. The third-order valence-corrected chi connectivity index (χ3v) is 5.05. The summed E-state index contributed by atoms with van der Waals surface area (Å²) in [4.78, 5) is 12.3. The molecule has 3 aromatic rings. The number of hydrogen-bond acceptors (Lipinski definition) is 4. The van der Waals surface area contributed by atoms with Crippen LogP contribution in [-0.2, 0) is 19.0 Å². The minimum absolute atomic E-state index is 0.0431. The molecule has 0 aliphatic heterocycles. The molecule has 0 radical (unpaired) electrons. The van der Waals surface area contributed by atoms with Crippen molar-refractivity contribution in [1.82, 2.24) is 10.2 Å². The molecule has 0 atom stereocenters. The number of aryl methyl sites for hydroxylation is 3. The fourth-order valence-corrected chi connectivity index (χ4v) is 3.49. The lowest BCUT2D eigenvalue weighted by atomic mass is 9.90. The normalized spacial score (nSPS) is 13.8. The summed E-state index contributed by atoms with van der Waals surface area (Å²) in [7, 11) is 0. The molecule has 0 saturated carbocycles. The molecule has 1 aromatic heterocycles. The largest absolute Gasteiger partial charge is 0.416 e. The van der Waals surface area contributed by atoms with Crippen molar-refractivity contribution in [3.05, 3.63) is 64.2 Å². The second-order valence-corrected chi connectivity index (χ2v) is 7.08. The van der Waals surface area contributed by atoms with E-state index in [2.05, 4.69) is 15.5 Å². The van der Waals surface area contributed by atoms with Crippen molar-refractivity contribution >= 4 is 11.9 Å². The third kappa shape index (κ3) is 4.01. The zero-order valence-corrected chi connectivity index (χ0v) is 15.6. The van der Waals surface area contributed by atoms with Gasteiger partial charge in [0.2, 0.25) is 5.89 Å². The lowest BCUT2D eigenvalue weighted by molar-refractivity contribution is -0.138. The maximum atomic E-state index is 13.1. The van der Waals surface area contributed by atoms with Crippen molar-refractivity contribution in [2.75, 3.05) is 5.32 Å². The fourth-order valence-electron chi connectivity index (χ4n) is 3.49. The van der Waals surface area contributed by atoms with Gasteiger partial charge >= 0.3 is 12.2 Å². The highest BCUT2D eigenvalue weighted by Crippen LogP contribution is 2.32. The molecule has 150 valence electrons. The highest BCUT2D eigenvalue weighted by atomic mass is 19.4. The maximum absolute atomic E-state index is 13.1. The Labute approximate surface area is 165 Å². The monoisotopic (exact) mass is 401 g/mol. The quantitative estimate of drug-likeness (QED) is 0.655. The van der Waals surface area contributed by atoms with E-state index in [9.17, 15) is 18.0 Å². The van der Waals surface area contributed by atoms with Crippen LogP contribution in [0.25, 0.3) is 11.5 Å². The molecule has 2 aromatic carbocycles. The molecule has 0 unspecified atom stereocenters. The van der Waals surface area contributed by atoms with Gasteiger partial charge < -0.3 is 4.42 Å². The molecule has 5 nitrogen and oxygen atoms in total. The summed E-state index contributed by atoms with van der Waals surface area (Å²) in [5, 5.41) is 10.1. The molecular weight excluding hydrogens is 383 g/mol. The van der Waals surface area contributed by atoms with E-state index in [0.29, 0.717) is 0 Å². The topological polar surface area (TPSA) is 68.0 Å². The molecule has 1 amide bonds. The van der Waals surface area contributed by atoms with Gasteiger partial charge in [0.1, 0.15) is 0 Å². The molecule has 1 heterocycles. The average Bonchev–Trinajstić information content (AvgIpc) is 3.15. The molecule has 4 rings (SSSR count). The van der Waals surface area contributed by atoms with E-state index in [1.807, 2.05) is 18.2 Å². The van der Waals surface area contributed by atoms with E-state index in [1.165, 1.54) is 36.6 Å². The standard InChI is InChI=1S/C21H18F3N3O2/c1-12-6-7-15(11-17(12)21(22,23)24)18(28)25-20-27-26-19(29-20)16-9-8-13-4-2-3-5-14(13)10-16/h6-11H,2-5H2,1H3,(H,25,27,28). The van der Waals surface area contributed by atoms with E-state index in [-0.39, 0.29) is 23.0 Å². The summed E-state index contributed by atoms with van der Waals surface area (Å²) >= 11 is 0. The van der Waals surface area contributed by atoms with Crippen LogP contribution >= 0.6 is 0 Å². The number of anilines is 1. The van der Waals surface area contributed by atoms with Gasteiger partial charge in [0, 0.05) is 11.1 Å². The molecule has 1 aliphatic carbocycles. The Hall–Kier alpha value is -3.16. The van der Waals surface area contributed by atoms with Gasteiger partial charge in [-0.25, -0.2) is 0 Å². The number of carbonyl (C=O) groups excluding carboxylic acids is 1. The number of rotatable bonds is 3. The van der Waals surface area contributed by atoms with Crippen LogP contribution in [0.3, 0.4) is 0 Å². The first-order valence-electron chi connectivity index (χ1n) is 9.26. The molecular formula is C21H18F3N3O2. The van der Waals surface area contributed by atoms with Crippen LogP contribution in [0, 0.1) is 6.92 Å². The minimum atomic E-state index is -4.54. The van der Waals surface area contributed by atoms with Crippen molar-refractivity contribution in [2.45, 2.75) is 38.8 Å². The predicted molar refractivity (Wildman–Crippen MR) is 101 cm³/mol. The Morgan fingerprint density at radius 1 is 1.03 bits per heavy atom. The first-order chi connectivity index (χ1) is 13.8. The van der Waals surface area contributed by atoms with Crippen molar-refractivity contribution in [2.24, 2.45) is 0 Å². The van der Waals surface area contributed by atoms with Gasteiger partial charge in [0.25, 0.3) is 5.91 Å². The predicted octanol–water partition coefficient (Wildman–Crippen LogP) is 5.19. The van der Waals surface area contributed by atoms with Gasteiger partial charge in [-0.1, -0.05) is 17.2 Å². The van der Waals surface area contributed by atoms with Gasteiger partial charge in [0.15, 0.2) is 0 Å². The summed E-state index contributed by atoms with van der Waals surface area (Å²) in [6.07, 6.45) is -0.173. The first-order valence-corrected chi connectivity index (χ1v) is 9.26. The maximum Gasteiger partial charge on any atom is 0.416 e. The zero-order chi connectivity index (χ0) is 20.6. The summed E-state index contributed by atoms with van der Waals surface area (Å²) in [5.41, 5.74) is 2.35. The molecule has 0 bridgehead atoms. The molecule has 1 N–H and O–H groups in total. The summed E-state index contributed by atoms with van der Waals surface area (Å²) in [6, 6.07) is 9.15.